The molecule has 0 spiro atoms. The number of rotatable bonds is 3. The lowest BCUT2D eigenvalue weighted by Gasteiger charge is -2.31. The van der Waals surface area contributed by atoms with Gasteiger partial charge in [-0.25, -0.2) is 0 Å². The van der Waals surface area contributed by atoms with Crippen molar-refractivity contribution < 1.29 is 14.7 Å². The molecule has 1 fully saturated rings. The first-order valence-corrected chi connectivity index (χ1v) is 3.85. The SMILES string of the molecule is CC1C(=O)CC1CCC(=O)O. The summed E-state index contributed by atoms with van der Waals surface area (Å²) in [6.07, 6.45) is 1.44. The summed E-state index contributed by atoms with van der Waals surface area (Å²) in [5.74, 6) is -0.0510. The molecule has 0 aromatic rings. The van der Waals surface area contributed by atoms with Crippen molar-refractivity contribution in [2.24, 2.45) is 11.8 Å². The van der Waals surface area contributed by atoms with Gasteiger partial charge < -0.3 is 5.11 Å². The third kappa shape index (κ3) is 1.79. The van der Waals surface area contributed by atoms with Crippen molar-refractivity contribution in [2.45, 2.75) is 26.2 Å². The highest BCUT2D eigenvalue weighted by molar-refractivity contribution is 5.87. The van der Waals surface area contributed by atoms with Crippen molar-refractivity contribution in [3.05, 3.63) is 0 Å². The first-order valence-electron chi connectivity index (χ1n) is 3.85. The average molecular weight is 156 g/mol. The van der Waals surface area contributed by atoms with E-state index in [-0.39, 0.29) is 18.1 Å². The summed E-state index contributed by atoms with van der Waals surface area (Å²) >= 11 is 0. The molecule has 0 aliphatic heterocycles. The van der Waals surface area contributed by atoms with Crippen LogP contribution in [-0.2, 0) is 9.59 Å². The van der Waals surface area contributed by atoms with E-state index in [0.717, 1.165) is 0 Å². The monoisotopic (exact) mass is 156 g/mol. The number of carbonyl (C=O) groups is 2. The molecule has 0 aromatic heterocycles. The highest BCUT2D eigenvalue weighted by Gasteiger charge is 2.35. The Balaban J connectivity index is 2.20. The molecule has 0 saturated heterocycles. The fraction of sp³-hybridized carbons (Fsp3) is 0.750. The normalized spacial score (nSPS) is 29.7. The molecule has 0 heterocycles. The molecule has 1 N–H and O–H groups in total. The summed E-state index contributed by atoms with van der Waals surface area (Å²) in [6.45, 7) is 1.87. The third-order valence-electron chi connectivity index (χ3n) is 2.41. The fourth-order valence-corrected chi connectivity index (χ4v) is 1.38. The minimum atomic E-state index is -0.767. The summed E-state index contributed by atoms with van der Waals surface area (Å²) in [5, 5.41) is 8.35. The van der Waals surface area contributed by atoms with Crippen LogP contribution in [0.4, 0.5) is 0 Å². The molecule has 1 rings (SSSR count). The number of carboxylic acid groups (broad SMARTS) is 1. The molecule has 2 unspecified atom stereocenters. The van der Waals surface area contributed by atoms with E-state index < -0.39 is 5.97 Å². The molecule has 0 radical (unpaired) electrons. The van der Waals surface area contributed by atoms with E-state index in [1.54, 1.807) is 0 Å². The maximum absolute atomic E-state index is 10.7. The Kier molecular flexibility index (Phi) is 2.27. The molecule has 62 valence electrons. The minimum Gasteiger partial charge on any atom is -0.481 e. The zero-order valence-electron chi connectivity index (χ0n) is 6.54. The second kappa shape index (κ2) is 3.03. The summed E-state index contributed by atoms with van der Waals surface area (Å²) < 4.78 is 0. The second-order valence-electron chi connectivity index (χ2n) is 3.15. The summed E-state index contributed by atoms with van der Waals surface area (Å²) in [4.78, 5) is 20.9. The van der Waals surface area contributed by atoms with Gasteiger partial charge in [0.1, 0.15) is 5.78 Å². The Morgan fingerprint density at radius 3 is 2.73 bits per heavy atom. The van der Waals surface area contributed by atoms with Gasteiger partial charge in [0.15, 0.2) is 0 Å². The van der Waals surface area contributed by atoms with Crippen LogP contribution < -0.4 is 0 Å². The van der Waals surface area contributed by atoms with Gasteiger partial charge >= 0.3 is 5.97 Å². The van der Waals surface area contributed by atoms with E-state index >= 15 is 0 Å². The van der Waals surface area contributed by atoms with Gasteiger partial charge in [-0.3, -0.25) is 9.59 Å². The first kappa shape index (κ1) is 8.24. The molecule has 1 aliphatic carbocycles. The van der Waals surface area contributed by atoms with Crippen LogP contribution in [-0.4, -0.2) is 16.9 Å². The smallest absolute Gasteiger partial charge is 0.303 e. The van der Waals surface area contributed by atoms with Gasteiger partial charge in [-0.05, 0) is 12.3 Å². The van der Waals surface area contributed by atoms with Gasteiger partial charge in [-0.2, -0.15) is 0 Å². The third-order valence-corrected chi connectivity index (χ3v) is 2.41. The molecule has 0 amide bonds. The number of hydrogen-bond donors (Lipinski definition) is 1. The van der Waals surface area contributed by atoms with Gasteiger partial charge in [-0.1, -0.05) is 6.92 Å². The zero-order chi connectivity index (χ0) is 8.43. The number of aliphatic carboxylic acids is 1. The first-order chi connectivity index (χ1) is 5.11. The van der Waals surface area contributed by atoms with Crippen molar-refractivity contribution in [3.8, 4) is 0 Å². The van der Waals surface area contributed by atoms with Crippen molar-refractivity contribution >= 4 is 11.8 Å². The molecule has 3 nitrogen and oxygen atoms in total. The van der Waals surface area contributed by atoms with E-state index in [1.807, 2.05) is 6.92 Å². The van der Waals surface area contributed by atoms with E-state index in [2.05, 4.69) is 0 Å². The van der Waals surface area contributed by atoms with Gasteiger partial charge in [0, 0.05) is 18.8 Å². The number of hydrogen-bond acceptors (Lipinski definition) is 2. The van der Waals surface area contributed by atoms with Crippen molar-refractivity contribution in [1.29, 1.82) is 0 Å². The molecule has 3 heteroatoms. The Morgan fingerprint density at radius 2 is 2.36 bits per heavy atom. The Bertz CT molecular complexity index is 186. The Hall–Kier alpha value is -0.860. The standard InChI is InChI=1S/C8H12O3/c1-5-6(4-7(5)9)2-3-8(10)11/h5-6H,2-4H2,1H3,(H,10,11). The lowest BCUT2D eigenvalue weighted by Crippen LogP contribution is -2.34. The van der Waals surface area contributed by atoms with Crippen molar-refractivity contribution in [2.75, 3.05) is 0 Å². The highest BCUT2D eigenvalue weighted by atomic mass is 16.4. The fourth-order valence-electron chi connectivity index (χ4n) is 1.38. The quantitative estimate of drug-likeness (QED) is 0.665. The summed E-state index contributed by atoms with van der Waals surface area (Å²) in [5.41, 5.74) is 0. The molecule has 0 bridgehead atoms. The molecule has 0 aromatic carbocycles. The average Bonchev–Trinajstić information content (AvgIpc) is 1.96. The van der Waals surface area contributed by atoms with Gasteiger partial charge in [-0.15, -0.1) is 0 Å². The number of carboxylic acids is 1. The van der Waals surface area contributed by atoms with E-state index in [0.29, 0.717) is 18.8 Å². The van der Waals surface area contributed by atoms with Gasteiger partial charge in [0.25, 0.3) is 0 Å². The van der Waals surface area contributed by atoms with E-state index in [9.17, 15) is 9.59 Å². The van der Waals surface area contributed by atoms with E-state index in [4.69, 9.17) is 5.11 Å². The van der Waals surface area contributed by atoms with E-state index in [1.165, 1.54) is 0 Å². The van der Waals surface area contributed by atoms with Gasteiger partial charge in [0.2, 0.25) is 0 Å². The maximum atomic E-state index is 10.7. The molecule has 11 heavy (non-hydrogen) atoms. The summed E-state index contributed by atoms with van der Waals surface area (Å²) in [6, 6.07) is 0. The molecular weight excluding hydrogens is 144 g/mol. The van der Waals surface area contributed by atoms with Crippen LogP contribution in [0, 0.1) is 11.8 Å². The maximum Gasteiger partial charge on any atom is 0.303 e. The molecule has 1 saturated carbocycles. The van der Waals surface area contributed by atoms with Crippen molar-refractivity contribution in [3.63, 3.8) is 0 Å². The number of Topliss-reactive ketones (excluding diaryl/α,β-unsaturated/α-hetero) is 1. The minimum absolute atomic E-state index is 0.106. The Labute approximate surface area is 65.4 Å². The summed E-state index contributed by atoms with van der Waals surface area (Å²) in [7, 11) is 0. The van der Waals surface area contributed by atoms with Crippen molar-refractivity contribution in [1.82, 2.24) is 0 Å². The zero-order valence-corrected chi connectivity index (χ0v) is 6.54. The largest absolute Gasteiger partial charge is 0.481 e. The Morgan fingerprint density at radius 1 is 1.73 bits per heavy atom. The predicted octanol–water partition coefficient (Wildman–Crippen LogP) is 1.08. The van der Waals surface area contributed by atoms with Crippen LogP contribution in [0.3, 0.4) is 0 Å². The highest BCUT2D eigenvalue weighted by Crippen LogP contribution is 2.33. The lowest BCUT2D eigenvalue weighted by atomic mass is 9.71. The van der Waals surface area contributed by atoms with Gasteiger partial charge in [0.05, 0.1) is 0 Å². The van der Waals surface area contributed by atoms with Crippen LogP contribution in [0.25, 0.3) is 0 Å². The predicted molar refractivity (Wildman–Crippen MR) is 39.1 cm³/mol. The topological polar surface area (TPSA) is 54.4 Å². The number of ketones is 1. The van der Waals surface area contributed by atoms with Crippen LogP contribution in [0.15, 0.2) is 0 Å². The molecular formula is C8H12O3. The van der Waals surface area contributed by atoms with Crippen LogP contribution in [0.5, 0.6) is 0 Å². The molecule has 2 atom stereocenters. The molecule has 1 aliphatic rings. The van der Waals surface area contributed by atoms with Crippen LogP contribution >= 0.6 is 0 Å². The van der Waals surface area contributed by atoms with Crippen LogP contribution in [0.1, 0.15) is 26.2 Å². The lowest BCUT2D eigenvalue weighted by molar-refractivity contribution is -0.140. The second-order valence-corrected chi connectivity index (χ2v) is 3.15. The van der Waals surface area contributed by atoms with Crippen LogP contribution in [0.2, 0.25) is 0 Å². The number of carbonyl (C=O) groups excluding carboxylic acids is 1.